The molecule has 3 nitrogen and oxygen atoms in total. The predicted molar refractivity (Wildman–Crippen MR) is 60.3 cm³/mol. The lowest BCUT2D eigenvalue weighted by Crippen LogP contribution is -2.13. The van der Waals surface area contributed by atoms with Gasteiger partial charge in [0, 0.05) is 0 Å². The zero-order chi connectivity index (χ0) is 10.8. The molecule has 2 rings (SSSR count). The molecule has 1 aliphatic rings. The van der Waals surface area contributed by atoms with Crippen LogP contribution in [0.25, 0.3) is 0 Å². The third-order valence-corrected chi connectivity index (χ3v) is 3.23. The Morgan fingerprint density at radius 2 is 2.20 bits per heavy atom. The molecule has 0 amide bonds. The maximum atomic E-state index is 8.93. The Morgan fingerprint density at radius 3 is 2.67 bits per heavy atom. The molecule has 0 spiro atoms. The second-order valence-corrected chi connectivity index (χ2v) is 4.14. The SMILES string of the molecule is Cc1cc(C#N)c(NN)cc1C1CCC1. The van der Waals surface area contributed by atoms with Crippen molar-refractivity contribution in [2.45, 2.75) is 32.1 Å². The summed E-state index contributed by atoms with van der Waals surface area (Å²) in [5, 5.41) is 8.93. The van der Waals surface area contributed by atoms with Gasteiger partial charge in [-0.2, -0.15) is 5.26 Å². The Balaban J connectivity index is 2.43. The number of nitrogens with two attached hydrogens (primary N) is 1. The smallest absolute Gasteiger partial charge is 0.101 e. The number of hydrogen-bond acceptors (Lipinski definition) is 3. The van der Waals surface area contributed by atoms with E-state index in [2.05, 4.69) is 18.4 Å². The molecular weight excluding hydrogens is 186 g/mol. The van der Waals surface area contributed by atoms with Crippen molar-refractivity contribution in [1.29, 1.82) is 5.26 Å². The summed E-state index contributed by atoms with van der Waals surface area (Å²) in [7, 11) is 0. The zero-order valence-electron chi connectivity index (χ0n) is 8.88. The van der Waals surface area contributed by atoms with Gasteiger partial charge in [0.2, 0.25) is 0 Å². The Morgan fingerprint density at radius 1 is 1.47 bits per heavy atom. The highest BCUT2D eigenvalue weighted by molar-refractivity contribution is 5.60. The summed E-state index contributed by atoms with van der Waals surface area (Å²) in [6.45, 7) is 2.06. The van der Waals surface area contributed by atoms with Gasteiger partial charge in [-0.25, -0.2) is 0 Å². The number of nitriles is 1. The van der Waals surface area contributed by atoms with Gasteiger partial charge in [0.15, 0.2) is 0 Å². The quantitative estimate of drug-likeness (QED) is 0.570. The highest BCUT2D eigenvalue weighted by Gasteiger charge is 2.22. The van der Waals surface area contributed by atoms with Gasteiger partial charge in [-0.1, -0.05) is 6.42 Å². The number of nitrogens with zero attached hydrogens (tertiary/aromatic N) is 1. The van der Waals surface area contributed by atoms with Gasteiger partial charge in [-0.3, -0.25) is 5.84 Å². The molecule has 0 aliphatic heterocycles. The number of aryl methyl sites for hydroxylation is 1. The van der Waals surface area contributed by atoms with E-state index in [4.69, 9.17) is 11.1 Å². The van der Waals surface area contributed by atoms with Crippen LogP contribution in [0.3, 0.4) is 0 Å². The Labute approximate surface area is 89.9 Å². The molecule has 1 aromatic rings. The Bertz CT molecular complexity index is 414. The second kappa shape index (κ2) is 3.92. The molecule has 1 fully saturated rings. The van der Waals surface area contributed by atoms with Crippen LogP contribution in [0.2, 0.25) is 0 Å². The maximum Gasteiger partial charge on any atom is 0.101 e. The molecule has 78 valence electrons. The fourth-order valence-corrected chi connectivity index (χ4v) is 2.10. The predicted octanol–water partition coefficient (Wildman–Crippen LogP) is 2.42. The van der Waals surface area contributed by atoms with Gasteiger partial charge in [-0.05, 0) is 48.9 Å². The van der Waals surface area contributed by atoms with E-state index in [0.29, 0.717) is 11.5 Å². The van der Waals surface area contributed by atoms with Crippen LogP contribution in [0.1, 0.15) is 41.9 Å². The first-order chi connectivity index (χ1) is 7.26. The number of nitrogen functional groups attached to an aromatic ring is 1. The minimum Gasteiger partial charge on any atom is -0.323 e. The molecule has 15 heavy (non-hydrogen) atoms. The number of anilines is 1. The molecule has 1 aromatic carbocycles. The van der Waals surface area contributed by atoms with Gasteiger partial charge in [0.05, 0.1) is 11.3 Å². The Hall–Kier alpha value is -1.53. The highest BCUT2D eigenvalue weighted by Crippen LogP contribution is 2.39. The number of benzene rings is 1. The summed E-state index contributed by atoms with van der Waals surface area (Å²) in [6.07, 6.45) is 3.84. The molecule has 0 bridgehead atoms. The zero-order valence-corrected chi connectivity index (χ0v) is 8.88. The van der Waals surface area contributed by atoms with Crippen LogP contribution < -0.4 is 11.3 Å². The largest absolute Gasteiger partial charge is 0.323 e. The number of hydrogen-bond donors (Lipinski definition) is 2. The van der Waals surface area contributed by atoms with E-state index in [0.717, 1.165) is 5.69 Å². The highest BCUT2D eigenvalue weighted by atomic mass is 15.2. The van der Waals surface area contributed by atoms with Crippen molar-refractivity contribution < 1.29 is 0 Å². The van der Waals surface area contributed by atoms with Crippen LogP contribution in [0.15, 0.2) is 12.1 Å². The first-order valence-electron chi connectivity index (χ1n) is 5.27. The van der Waals surface area contributed by atoms with E-state index in [1.54, 1.807) is 0 Å². The van der Waals surface area contributed by atoms with Crippen LogP contribution >= 0.6 is 0 Å². The van der Waals surface area contributed by atoms with Crippen LogP contribution in [-0.2, 0) is 0 Å². The van der Waals surface area contributed by atoms with Crippen LogP contribution in [0.5, 0.6) is 0 Å². The average Bonchev–Trinajstić information content (AvgIpc) is 2.17. The van der Waals surface area contributed by atoms with Gasteiger partial charge >= 0.3 is 0 Å². The number of rotatable bonds is 2. The number of nitrogens with one attached hydrogen (secondary N) is 1. The van der Waals surface area contributed by atoms with Crippen LogP contribution in [0.4, 0.5) is 5.69 Å². The van der Waals surface area contributed by atoms with Crippen molar-refractivity contribution in [3.63, 3.8) is 0 Å². The minimum absolute atomic E-state index is 0.623. The van der Waals surface area contributed by atoms with E-state index in [-0.39, 0.29) is 0 Å². The molecule has 0 atom stereocenters. The van der Waals surface area contributed by atoms with Gasteiger partial charge in [0.1, 0.15) is 6.07 Å². The third kappa shape index (κ3) is 1.69. The summed E-state index contributed by atoms with van der Waals surface area (Å²) < 4.78 is 0. The fraction of sp³-hybridized carbons (Fsp3) is 0.417. The van der Waals surface area contributed by atoms with Gasteiger partial charge in [0.25, 0.3) is 0 Å². The van der Waals surface area contributed by atoms with Crippen molar-refractivity contribution in [3.05, 3.63) is 28.8 Å². The second-order valence-electron chi connectivity index (χ2n) is 4.14. The first kappa shape index (κ1) is 10.0. The Kier molecular flexibility index (Phi) is 2.61. The maximum absolute atomic E-state index is 8.93. The van der Waals surface area contributed by atoms with Crippen molar-refractivity contribution in [1.82, 2.24) is 0 Å². The third-order valence-electron chi connectivity index (χ3n) is 3.23. The topological polar surface area (TPSA) is 61.8 Å². The van der Waals surface area contributed by atoms with E-state index in [1.165, 1.54) is 30.4 Å². The molecule has 1 aliphatic carbocycles. The van der Waals surface area contributed by atoms with E-state index in [9.17, 15) is 0 Å². The standard InChI is InChI=1S/C12H15N3/c1-8-5-10(7-13)12(15-14)6-11(8)9-3-2-4-9/h5-6,9,15H,2-4,14H2,1H3. The fourth-order valence-electron chi connectivity index (χ4n) is 2.10. The monoisotopic (exact) mass is 201 g/mol. The van der Waals surface area contributed by atoms with Gasteiger partial charge < -0.3 is 5.43 Å². The normalized spacial score (nSPS) is 15.5. The lowest BCUT2D eigenvalue weighted by atomic mass is 9.78. The minimum atomic E-state index is 0.623. The summed E-state index contributed by atoms with van der Waals surface area (Å²) >= 11 is 0. The summed E-state index contributed by atoms with van der Waals surface area (Å²) in [5.41, 5.74) is 6.50. The molecular formula is C12H15N3. The first-order valence-corrected chi connectivity index (χ1v) is 5.27. The van der Waals surface area contributed by atoms with Crippen molar-refractivity contribution >= 4 is 5.69 Å². The average molecular weight is 201 g/mol. The lowest BCUT2D eigenvalue weighted by molar-refractivity contribution is 0.418. The van der Waals surface area contributed by atoms with Crippen molar-refractivity contribution in [2.75, 3.05) is 5.43 Å². The molecule has 3 N–H and O–H groups in total. The summed E-state index contributed by atoms with van der Waals surface area (Å²) in [4.78, 5) is 0. The molecule has 0 aromatic heterocycles. The van der Waals surface area contributed by atoms with Crippen molar-refractivity contribution in [3.8, 4) is 6.07 Å². The molecule has 0 saturated heterocycles. The molecule has 0 heterocycles. The van der Waals surface area contributed by atoms with Crippen LogP contribution in [-0.4, -0.2) is 0 Å². The molecule has 0 unspecified atom stereocenters. The van der Waals surface area contributed by atoms with Crippen molar-refractivity contribution in [2.24, 2.45) is 5.84 Å². The summed E-state index contributed by atoms with van der Waals surface area (Å²) in [5.74, 6) is 6.07. The molecule has 1 saturated carbocycles. The number of hydrazine groups is 1. The van der Waals surface area contributed by atoms with E-state index < -0.39 is 0 Å². The van der Waals surface area contributed by atoms with E-state index in [1.807, 2.05) is 12.1 Å². The van der Waals surface area contributed by atoms with Gasteiger partial charge in [-0.15, -0.1) is 0 Å². The van der Waals surface area contributed by atoms with Crippen LogP contribution in [0, 0.1) is 18.3 Å². The summed E-state index contributed by atoms with van der Waals surface area (Å²) in [6, 6.07) is 6.09. The lowest BCUT2D eigenvalue weighted by Gasteiger charge is -2.28. The van der Waals surface area contributed by atoms with E-state index >= 15 is 0 Å². The molecule has 0 radical (unpaired) electrons. The molecule has 3 heteroatoms.